The average molecular weight is 419 g/mol. The lowest BCUT2D eigenvalue weighted by Gasteiger charge is -2.28. The molecule has 1 fully saturated rings. The predicted molar refractivity (Wildman–Crippen MR) is 112 cm³/mol. The molecular formula is C23H31FN2O4. The van der Waals surface area contributed by atoms with Crippen molar-refractivity contribution in [3.8, 4) is 0 Å². The highest BCUT2D eigenvalue weighted by atomic mass is 19.1. The molecule has 1 amide bonds. The van der Waals surface area contributed by atoms with Gasteiger partial charge < -0.3 is 18.8 Å². The van der Waals surface area contributed by atoms with E-state index < -0.39 is 0 Å². The molecule has 0 saturated carbocycles. The SMILES string of the molecule is COCCN(C[C@@H]1CN(Cc2ccc(C)o2)C[C@@H]1c1cccc(F)c1)C(=O)COC. The number of halogens is 1. The number of hydrogen-bond acceptors (Lipinski definition) is 5. The predicted octanol–water partition coefficient (Wildman–Crippen LogP) is 3.06. The van der Waals surface area contributed by atoms with Gasteiger partial charge in [0, 0.05) is 46.3 Å². The summed E-state index contributed by atoms with van der Waals surface area (Å²) in [5.74, 6) is 1.79. The molecule has 1 aliphatic rings. The van der Waals surface area contributed by atoms with Crippen LogP contribution >= 0.6 is 0 Å². The summed E-state index contributed by atoms with van der Waals surface area (Å²) < 4.78 is 29.9. The Hall–Kier alpha value is -2.22. The molecule has 1 aromatic heterocycles. The first kappa shape index (κ1) is 22.5. The van der Waals surface area contributed by atoms with Crippen molar-refractivity contribution in [3.63, 3.8) is 0 Å². The van der Waals surface area contributed by atoms with Gasteiger partial charge in [-0.1, -0.05) is 12.1 Å². The van der Waals surface area contributed by atoms with Gasteiger partial charge in [-0.3, -0.25) is 9.69 Å². The molecule has 6 nitrogen and oxygen atoms in total. The zero-order valence-electron chi connectivity index (χ0n) is 18.0. The molecule has 0 bridgehead atoms. The van der Waals surface area contributed by atoms with Gasteiger partial charge in [-0.2, -0.15) is 0 Å². The summed E-state index contributed by atoms with van der Waals surface area (Å²) >= 11 is 0. The van der Waals surface area contributed by atoms with Crippen LogP contribution in [0.1, 0.15) is 23.0 Å². The fraction of sp³-hybridized carbons (Fsp3) is 0.522. The Morgan fingerprint density at radius 3 is 2.73 bits per heavy atom. The molecule has 0 aliphatic carbocycles. The molecule has 7 heteroatoms. The van der Waals surface area contributed by atoms with Gasteiger partial charge in [-0.15, -0.1) is 0 Å². The molecule has 2 atom stereocenters. The fourth-order valence-corrected chi connectivity index (χ4v) is 4.20. The maximum absolute atomic E-state index is 13.9. The third-order valence-electron chi connectivity index (χ3n) is 5.61. The van der Waals surface area contributed by atoms with Gasteiger partial charge in [-0.05, 0) is 42.7 Å². The van der Waals surface area contributed by atoms with Gasteiger partial charge in [0.15, 0.2) is 0 Å². The number of carbonyl (C=O) groups is 1. The maximum atomic E-state index is 13.9. The number of hydrogen-bond donors (Lipinski definition) is 0. The summed E-state index contributed by atoms with van der Waals surface area (Å²) in [6.07, 6.45) is 0. The van der Waals surface area contributed by atoms with E-state index in [0.29, 0.717) is 26.2 Å². The van der Waals surface area contributed by atoms with E-state index in [2.05, 4.69) is 4.90 Å². The number of nitrogens with zero attached hydrogens (tertiary/aromatic N) is 2. The molecule has 0 spiro atoms. The van der Waals surface area contributed by atoms with Gasteiger partial charge in [-0.25, -0.2) is 4.39 Å². The van der Waals surface area contributed by atoms with Crippen molar-refractivity contribution in [2.45, 2.75) is 19.4 Å². The summed E-state index contributed by atoms with van der Waals surface area (Å²) in [5, 5.41) is 0. The highest BCUT2D eigenvalue weighted by molar-refractivity contribution is 5.77. The Bertz CT molecular complexity index is 825. The van der Waals surface area contributed by atoms with E-state index in [1.807, 2.05) is 25.1 Å². The van der Waals surface area contributed by atoms with Gasteiger partial charge in [0.05, 0.1) is 13.2 Å². The summed E-state index contributed by atoms with van der Waals surface area (Å²) in [5.41, 5.74) is 0.962. The van der Waals surface area contributed by atoms with Crippen LogP contribution in [0.4, 0.5) is 4.39 Å². The van der Waals surface area contributed by atoms with Crippen LogP contribution in [-0.4, -0.2) is 69.3 Å². The Labute approximate surface area is 177 Å². The van der Waals surface area contributed by atoms with Crippen LogP contribution in [0.15, 0.2) is 40.8 Å². The summed E-state index contributed by atoms with van der Waals surface area (Å²) in [7, 11) is 3.14. The highest BCUT2D eigenvalue weighted by Gasteiger charge is 2.36. The fourth-order valence-electron chi connectivity index (χ4n) is 4.20. The molecule has 2 heterocycles. The second-order valence-corrected chi connectivity index (χ2v) is 7.89. The van der Waals surface area contributed by atoms with Crippen LogP contribution in [0.2, 0.25) is 0 Å². The van der Waals surface area contributed by atoms with E-state index in [-0.39, 0.29) is 30.2 Å². The van der Waals surface area contributed by atoms with Crippen LogP contribution in [0.3, 0.4) is 0 Å². The van der Waals surface area contributed by atoms with E-state index in [1.54, 1.807) is 24.1 Å². The zero-order valence-corrected chi connectivity index (χ0v) is 18.0. The molecule has 0 N–H and O–H groups in total. The first-order valence-electron chi connectivity index (χ1n) is 10.3. The second-order valence-electron chi connectivity index (χ2n) is 7.89. The van der Waals surface area contributed by atoms with E-state index in [9.17, 15) is 9.18 Å². The molecule has 2 aromatic rings. The maximum Gasteiger partial charge on any atom is 0.248 e. The largest absolute Gasteiger partial charge is 0.465 e. The van der Waals surface area contributed by atoms with Crippen molar-refractivity contribution in [1.29, 1.82) is 0 Å². The normalized spacial score (nSPS) is 19.3. The van der Waals surface area contributed by atoms with Crippen molar-refractivity contribution in [3.05, 3.63) is 59.3 Å². The van der Waals surface area contributed by atoms with Crippen LogP contribution in [-0.2, 0) is 20.8 Å². The second kappa shape index (κ2) is 10.7. The lowest BCUT2D eigenvalue weighted by molar-refractivity contribution is -0.136. The van der Waals surface area contributed by atoms with Crippen molar-refractivity contribution in [2.75, 3.05) is 53.6 Å². The molecule has 1 aliphatic heterocycles. The van der Waals surface area contributed by atoms with Gasteiger partial charge in [0.2, 0.25) is 5.91 Å². The highest BCUT2D eigenvalue weighted by Crippen LogP contribution is 2.34. The number of benzene rings is 1. The minimum Gasteiger partial charge on any atom is -0.465 e. The number of aryl methyl sites for hydroxylation is 1. The zero-order chi connectivity index (χ0) is 21.5. The van der Waals surface area contributed by atoms with Crippen molar-refractivity contribution < 1.29 is 23.1 Å². The Morgan fingerprint density at radius 2 is 2.07 bits per heavy atom. The Balaban J connectivity index is 1.78. The van der Waals surface area contributed by atoms with Crippen LogP contribution in [0, 0.1) is 18.7 Å². The number of rotatable bonds is 10. The number of furan rings is 1. The molecular weight excluding hydrogens is 387 g/mol. The number of ether oxygens (including phenoxy) is 2. The van der Waals surface area contributed by atoms with E-state index in [0.717, 1.165) is 30.2 Å². The molecule has 164 valence electrons. The quantitative estimate of drug-likeness (QED) is 0.594. The standard InChI is InChI=1S/C23H31FN2O4/c1-17-7-8-21(30-17)14-25-12-19(13-26(9-10-28-2)23(27)16-29-3)22(15-25)18-5-4-6-20(24)11-18/h4-8,11,19,22H,9-10,12-16H2,1-3H3/t19-,22+/m0/s1. The number of amides is 1. The van der Waals surface area contributed by atoms with E-state index in [1.165, 1.54) is 13.2 Å². The van der Waals surface area contributed by atoms with Crippen molar-refractivity contribution >= 4 is 5.91 Å². The topological polar surface area (TPSA) is 55.2 Å². The van der Waals surface area contributed by atoms with Gasteiger partial charge >= 0.3 is 0 Å². The summed E-state index contributed by atoms with van der Waals surface area (Å²) in [6, 6.07) is 10.7. The smallest absolute Gasteiger partial charge is 0.248 e. The van der Waals surface area contributed by atoms with Crippen molar-refractivity contribution in [2.24, 2.45) is 5.92 Å². The third kappa shape index (κ3) is 5.90. The minimum absolute atomic E-state index is 0.0381. The number of likely N-dealkylation sites (tertiary alicyclic amines) is 1. The van der Waals surface area contributed by atoms with Crippen molar-refractivity contribution in [1.82, 2.24) is 9.80 Å². The van der Waals surface area contributed by atoms with Crippen LogP contribution in [0.25, 0.3) is 0 Å². The molecule has 1 aromatic carbocycles. The molecule has 3 rings (SSSR count). The van der Waals surface area contributed by atoms with Crippen LogP contribution in [0.5, 0.6) is 0 Å². The van der Waals surface area contributed by atoms with E-state index >= 15 is 0 Å². The molecule has 0 unspecified atom stereocenters. The first-order chi connectivity index (χ1) is 14.5. The number of carbonyl (C=O) groups excluding carboxylic acids is 1. The lowest BCUT2D eigenvalue weighted by atomic mass is 9.88. The van der Waals surface area contributed by atoms with Crippen LogP contribution < -0.4 is 0 Å². The Morgan fingerprint density at radius 1 is 1.23 bits per heavy atom. The van der Waals surface area contributed by atoms with Gasteiger partial charge in [0.25, 0.3) is 0 Å². The summed E-state index contributed by atoms with van der Waals surface area (Å²) in [4.78, 5) is 16.7. The van der Waals surface area contributed by atoms with E-state index in [4.69, 9.17) is 13.9 Å². The average Bonchev–Trinajstić information content (AvgIpc) is 3.31. The molecule has 0 radical (unpaired) electrons. The Kier molecular flexibility index (Phi) is 8.01. The third-order valence-corrected chi connectivity index (χ3v) is 5.61. The number of methoxy groups -OCH3 is 2. The molecule has 30 heavy (non-hydrogen) atoms. The minimum atomic E-state index is -0.238. The molecule has 1 saturated heterocycles. The lowest BCUT2D eigenvalue weighted by Crippen LogP contribution is -2.41. The monoisotopic (exact) mass is 418 g/mol. The van der Waals surface area contributed by atoms with Gasteiger partial charge in [0.1, 0.15) is 23.9 Å². The summed E-state index contributed by atoms with van der Waals surface area (Å²) in [6.45, 7) is 5.78. The first-order valence-corrected chi connectivity index (χ1v) is 10.3.